The van der Waals surface area contributed by atoms with Crippen molar-refractivity contribution < 1.29 is 64.2 Å². The number of phenols is 1. The molecule has 0 amide bonds. The first-order valence-corrected chi connectivity index (χ1v) is 12.6. The maximum absolute atomic E-state index is 12.3. The Morgan fingerprint density at radius 2 is 1.73 bits per heavy atom. The van der Waals surface area contributed by atoms with Crippen LogP contribution in [0.15, 0.2) is 36.4 Å². The van der Waals surface area contributed by atoms with E-state index in [9.17, 15) is 40.5 Å². The summed E-state index contributed by atoms with van der Waals surface area (Å²) < 4.78 is 26.1. The van der Waals surface area contributed by atoms with Crippen LogP contribution in [0.4, 0.5) is 0 Å². The van der Waals surface area contributed by atoms with Crippen molar-refractivity contribution in [3.05, 3.63) is 42.0 Å². The highest BCUT2D eigenvalue weighted by atomic mass is 16.7. The van der Waals surface area contributed by atoms with Gasteiger partial charge < -0.3 is 59.4 Å². The SMILES string of the molecule is C=C[C@@](C)(O)CC/C=C(\C)C(=O)OC[C@H]1O[C@@H](OCC(O)C(O)c2cc(OC)c(O)c(OC)c2)[C@H](O)[C@@H](O)[C@@H]1O. The molecule has 1 aliphatic heterocycles. The lowest BCUT2D eigenvalue weighted by Gasteiger charge is -2.40. The fourth-order valence-electron chi connectivity index (χ4n) is 3.82. The molecule has 13 heteroatoms. The molecule has 2 rings (SSSR count). The van der Waals surface area contributed by atoms with Gasteiger partial charge in [0.2, 0.25) is 5.75 Å². The van der Waals surface area contributed by atoms with Gasteiger partial charge in [-0.2, -0.15) is 0 Å². The second-order valence-electron chi connectivity index (χ2n) is 9.72. The molecular weight excluding hydrogens is 532 g/mol. The number of hydrogen-bond donors (Lipinski definition) is 7. The fraction of sp³-hybridized carbons (Fsp3) is 0.593. The molecule has 1 heterocycles. The third kappa shape index (κ3) is 8.62. The zero-order valence-electron chi connectivity index (χ0n) is 23.0. The number of carbonyl (C=O) groups excluding carboxylic acids is 1. The molecule has 1 aromatic rings. The number of carbonyl (C=O) groups is 1. The summed E-state index contributed by atoms with van der Waals surface area (Å²) in [7, 11) is 2.60. The molecule has 8 atom stereocenters. The van der Waals surface area contributed by atoms with Gasteiger partial charge in [0.15, 0.2) is 17.8 Å². The molecule has 1 aromatic carbocycles. The summed E-state index contributed by atoms with van der Waals surface area (Å²) in [6, 6.07) is 2.58. The zero-order valence-corrected chi connectivity index (χ0v) is 23.0. The van der Waals surface area contributed by atoms with E-state index in [1.165, 1.54) is 39.4 Å². The maximum atomic E-state index is 12.3. The van der Waals surface area contributed by atoms with Crippen LogP contribution in [0.2, 0.25) is 0 Å². The highest BCUT2D eigenvalue weighted by Crippen LogP contribution is 2.39. The molecule has 1 saturated heterocycles. The number of hydrogen-bond acceptors (Lipinski definition) is 13. The summed E-state index contributed by atoms with van der Waals surface area (Å²) >= 11 is 0. The van der Waals surface area contributed by atoms with E-state index in [0.717, 1.165) is 0 Å². The standard InChI is InChI=1S/C27H40O13/c1-6-27(3,35)9-7-8-14(2)25(34)38-13-19-22(31)23(32)24(33)26(40-19)39-12-16(28)20(29)15-10-17(36-4)21(30)18(11-15)37-5/h6,8,10-11,16,19-20,22-24,26,28-33,35H,1,7,9,12-13H2,2-5H3/b14-8+/t16?,19-,20?,22-,23+,24-,26-,27-/m1/s1. The average Bonchev–Trinajstić information content (AvgIpc) is 2.94. The van der Waals surface area contributed by atoms with Gasteiger partial charge in [-0.25, -0.2) is 4.79 Å². The van der Waals surface area contributed by atoms with E-state index in [2.05, 4.69) is 6.58 Å². The quantitative estimate of drug-likeness (QED) is 0.0880. The first-order chi connectivity index (χ1) is 18.8. The van der Waals surface area contributed by atoms with Gasteiger partial charge in [-0.1, -0.05) is 12.2 Å². The highest BCUT2D eigenvalue weighted by Gasteiger charge is 2.45. The summed E-state index contributed by atoms with van der Waals surface area (Å²) in [6.07, 6.45) is -7.32. The summed E-state index contributed by atoms with van der Waals surface area (Å²) in [5.41, 5.74) is -0.706. The number of methoxy groups -OCH3 is 2. The zero-order chi connectivity index (χ0) is 30.2. The molecule has 0 aromatic heterocycles. The molecule has 1 fully saturated rings. The lowest BCUT2D eigenvalue weighted by molar-refractivity contribution is -0.306. The Kier molecular flexibility index (Phi) is 12.3. The monoisotopic (exact) mass is 572 g/mol. The van der Waals surface area contributed by atoms with Crippen LogP contribution in [0.5, 0.6) is 17.2 Å². The summed E-state index contributed by atoms with van der Waals surface area (Å²) in [6.45, 7) is 5.57. The second kappa shape index (κ2) is 14.8. The van der Waals surface area contributed by atoms with E-state index in [-0.39, 0.29) is 28.4 Å². The van der Waals surface area contributed by atoms with Crippen LogP contribution in [0.1, 0.15) is 38.4 Å². The van der Waals surface area contributed by atoms with Crippen molar-refractivity contribution in [3.63, 3.8) is 0 Å². The van der Waals surface area contributed by atoms with E-state index in [1.54, 1.807) is 13.0 Å². The molecule has 0 aliphatic carbocycles. The smallest absolute Gasteiger partial charge is 0.333 e. The molecule has 40 heavy (non-hydrogen) atoms. The number of aliphatic hydroxyl groups excluding tert-OH is 5. The molecule has 13 nitrogen and oxygen atoms in total. The Morgan fingerprint density at radius 3 is 2.27 bits per heavy atom. The Hall–Kier alpha value is -2.75. The Morgan fingerprint density at radius 1 is 1.12 bits per heavy atom. The Balaban J connectivity index is 1.98. The van der Waals surface area contributed by atoms with Crippen LogP contribution in [-0.2, 0) is 19.0 Å². The van der Waals surface area contributed by atoms with Gasteiger partial charge in [0.05, 0.1) is 26.4 Å². The molecule has 0 bridgehead atoms. The van der Waals surface area contributed by atoms with Crippen LogP contribution in [-0.4, -0.2) is 112 Å². The third-order valence-electron chi connectivity index (χ3n) is 6.55. The van der Waals surface area contributed by atoms with Gasteiger partial charge in [-0.3, -0.25) is 0 Å². The Labute approximate surface area is 232 Å². The number of esters is 1. The van der Waals surface area contributed by atoms with E-state index < -0.39 is 67.7 Å². The van der Waals surface area contributed by atoms with Crippen LogP contribution in [0.3, 0.4) is 0 Å². The molecular formula is C27H40O13. The summed E-state index contributed by atoms with van der Waals surface area (Å²) in [4.78, 5) is 12.3. The van der Waals surface area contributed by atoms with Crippen molar-refractivity contribution in [3.8, 4) is 17.2 Å². The number of benzene rings is 1. The number of aromatic hydroxyl groups is 1. The van der Waals surface area contributed by atoms with Crippen molar-refractivity contribution in [2.45, 2.75) is 75.2 Å². The predicted octanol–water partition coefficient (Wildman–Crippen LogP) is -0.165. The van der Waals surface area contributed by atoms with E-state index in [4.69, 9.17) is 23.7 Å². The van der Waals surface area contributed by atoms with E-state index in [0.29, 0.717) is 12.8 Å². The van der Waals surface area contributed by atoms with Gasteiger partial charge in [-0.15, -0.1) is 6.58 Å². The van der Waals surface area contributed by atoms with Crippen molar-refractivity contribution in [1.82, 2.24) is 0 Å². The van der Waals surface area contributed by atoms with Gasteiger partial charge in [0.1, 0.15) is 43.2 Å². The Bertz CT molecular complexity index is 999. The normalized spacial score (nSPS) is 26.4. The summed E-state index contributed by atoms with van der Waals surface area (Å²) in [5, 5.41) is 71.9. The lowest BCUT2D eigenvalue weighted by atomic mass is 9.99. The van der Waals surface area contributed by atoms with Crippen LogP contribution in [0, 0.1) is 0 Å². The van der Waals surface area contributed by atoms with Crippen LogP contribution in [0.25, 0.3) is 0 Å². The van der Waals surface area contributed by atoms with E-state index in [1.807, 2.05) is 0 Å². The van der Waals surface area contributed by atoms with Gasteiger partial charge in [-0.05, 0) is 44.4 Å². The average molecular weight is 573 g/mol. The van der Waals surface area contributed by atoms with E-state index >= 15 is 0 Å². The minimum absolute atomic E-state index is 0.00392. The number of rotatable bonds is 14. The molecule has 0 radical (unpaired) electrons. The first kappa shape index (κ1) is 33.5. The van der Waals surface area contributed by atoms with Crippen LogP contribution >= 0.6 is 0 Å². The number of ether oxygens (including phenoxy) is 5. The maximum Gasteiger partial charge on any atom is 0.333 e. The lowest BCUT2D eigenvalue weighted by Crippen LogP contribution is -2.59. The molecule has 0 saturated carbocycles. The number of phenolic OH excluding ortho intramolecular Hbond substituents is 1. The van der Waals surface area contributed by atoms with Crippen molar-refractivity contribution in [2.75, 3.05) is 27.4 Å². The first-order valence-electron chi connectivity index (χ1n) is 12.6. The van der Waals surface area contributed by atoms with Gasteiger partial charge in [0, 0.05) is 5.57 Å². The molecule has 2 unspecified atom stereocenters. The minimum atomic E-state index is -1.73. The molecule has 1 aliphatic rings. The minimum Gasteiger partial charge on any atom is -0.502 e. The second-order valence-corrected chi connectivity index (χ2v) is 9.72. The van der Waals surface area contributed by atoms with Crippen molar-refractivity contribution >= 4 is 5.97 Å². The number of aliphatic hydroxyl groups is 6. The number of allylic oxidation sites excluding steroid dienone is 1. The molecule has 7 N–H and O–H groups in total. The van der Waals surface area contributed by atoms with Crippen molar-refractivity contribution in [1.29, 1.82) is 0 Å². The summed E-state index contributed by atoms with van der Waals surface area (Å²) in [5.74, 6) is -1.02. The highest BCUT2D eigenvalue weighted by molar-refractivity contribution is 5.87. The predicted molar refractivity (Wildman–Crippen MR) is 140 cm³/mol. The van der Waals surface area contributed by atoms with Gasteiger partial charge >= 0.3 is 5.97 Å². The topological polar surface area (TPSA) is 205 Å². The largest absolute Gasteiger partial charge is 0.502 e. The third-order valence-corrected chi connectivity index (χ3v) is 6.55. The molecule has 226 valence electrons. The molecule has 0 spiro atoms. The van der Waals surface area contributed by atoms with Crippen LogP contribution < -0.4 is 9.47 Å². The van der Waals surface area contributed by atoms with Gasteiger partial charge in [0.25, 0.3) is 0 Å². The van der Waals surface area contributed by atoms with Crippen molar-refractivity contribution in [2.24, 2.45) is 0 Å². The fourth-order valence-corrected chi connectivity index (χ4v) is 3.82.